The SMILES string of the molecule is C=COC(CCO)OCC. The summed E-state index contributed by atoms with van der Waals surface area (Å²) < 4.78 is 9.97. The molecule has 1 unspecified atom stereocenters. The van der Waals surface area contributed by atoms with Gasteiger partial charge in [-0.05, 0) is 6.92 Å². The van der Waals surface area contributed by atoms with Crippen LogP contribution in [0.15, 0.2) is 12.8 Å². The number of aliphatic hydroxyl groups is 1. The lowest BCUT2D eigenvalue weighted by Gasteiger charge is -2.14. The van der Waals surface area contributed by atoms with E-state index >= 15 is 0 Å². The Morgan fingerprint density at radius 1 is 1.70 bits per heavy atom. The van der Waals surface area contributed by atoms with Gasteiger partial charge in [0.1, 0.15) is 0 Å². The molecule has 10 heavy (non-hydrogen) atoms. The van der Waals surface area contributed by atoms with Crippen LogP contribution in [0.4, 0.5) is 0 Å². The van der Waals surface area contributed by atoms with Crippen LogP contribution in [0.2, 0.25) is 0 Å². The maximum atomic E-state index is 8.50. The third kappa shape index (κ3) is 4.35. The molecule has 0 aromatic carbocycles. The van der Waals surface area contributed by atoms with Crippen LogP contribution in [-0.4, -0.2) is 24.6 Å². The number of aliphatic hydroxyl groups excluding tert-OH is 1. The van der Waals surface area contributed by atoms with Crippen LogP contribution in [0.5, 0.6) is 0 Å². The van der Waals surface area contributed by atoms with E-state index < -0.39 is 0 Å². The molecule has 0 bridgehead atoms. The number of hydrogen-bond donors (Lipinski definition) is 1. The van der Waals surface area contributed by atoms with Gasteiger partial charge in [-0.3, -0.25) is 0 Å². The van der Waals surface area contributed by atoms with Gasteiger partial charge in [-0.25, -0.2) is 0 Å². The number of rotatable bonds is 6. The summed E-state index contributed by atoms with van der Waals surface area (Å²) in [7, 11) is 0. The van der Waals surface area contributed by atoms with Crippen LogP contribution < -0.4 is 0 Å². The van der Waals surface area contributed by atoms with Gasteiger partial charge in [-0.15, -0.1) is 0 Å². The Hall–Kier alpha value is -0.540. The highest BCUT2D eigenvalue weighted by molar-refractivity contribution is 4.53. The van der Waals surface area contributed by atoms with E-state index in [1.54, 1.807) is 0 Å². The summed E-state index contributed by atoms with van der Waals surface area (Å²) in [5, 5.41) is 8.50. The van der Waals surface area contributed by atoms with Gasteiger partial charge in [-0.2, -0.15) is 0 Å². The minimum Gasteiger partial charge on any atom is -0.473 e. The van der Waals surface area contributed by atoms with Gasteiger partial charge in [0, 0.05) is 19.6 Å². The summed E-state index contributed by atoms with van der Waals surface area (Å²) in [6.45, 7) is 5.90. The maximum Gasteiger partial charge on any atom is 0.201 e. The van der Waals surface area contributed by atoms with Crippen molar-refractivity contribution in [3.05, 3.63) is 12.8 Å². The van der Waals surface area contributed by atoms with Crippen molar-refractivity contribution in [2.24, 2.45) is 0 Å². The molecule has 0 aromatic heterocycles. The second kappa shape index (κ2) is 6.58. The summed E-state index contributed by atoms with van der Waals surface area (Å²) in [5.74, 6) is 0. The van der Waals surface area contributed by atoms with Gasteiger partial charge in [0.05, 0.1) is 6.26 Å². The van der Waals surface area contributed by atoms with Gasteiger partial charge >= 0.3 is 0 Å². The molecule has 0 saturated heterocycles. The fourth-order valence-corrected chi connectivity index (χ4v) is 0.589. The molecule has 3 heteroatoms. The fraction of sp³-hybridized carbons (Fsp3) is 0.714. The smallest absolute Gasteiger partial charge is 0.201 e. The minimum absolute atomic E-state index is 0.0680. The van der Waals surface area contributed by atoms with Gasteiger partial charge in [0.25, 0.3) is 0 Å². The second-order valence-corrected chi connectivity index (χ2v) is 1.70. The molecule has 0 saturated carbocycles. The summed E-state index contributed by atoms with van der Waals surface area (Å²) in [5.41, 5.74) is 0. The van der Waals surface area contributed by atoms with E-state index in [4.69, 9.17) is 14.6 Å². The Kier molecular flexibility index (Phi) is 6.22. The van der Waals surface area contributed by atoms with Gasteiger partial charge < -0.3 is 14.6 Å². The molecule has 1 atom stereocenters. The standard InChI is InChI=1S/C7H14O3/c1-3-9-7(5-6-8)10-4-2/h3,7-8H,1,4-6H2,2H3. The number of hydrogen-bond acceptors (Lipinski definition) is 3. The topological polar surface area (TPSA) is 38.7 Å². The molecule has 3 nitrogen and oxygen atoms in total. The van der Waals surface area contributed by atoms with Crippen LogP contribution in [-0.2, 0) is 9.47 Å². The molecule has 0 aliphatic heterocycles. The molecule has 0 aliphatic carbocycles. The van der Waals surface area contributed by atoms with E-state index in [9.17, 15) is 0 Å². The zero-order valence-electron chi connectivity index (χ0n) is 6.25. The predicted octanol–water partition coefficient (Wildman–Crippen LogP) is 0.891. The first kappa shape index (κ1) is 9.46. The summed E-state index contributed by atoms with van der Waals surface area (Å²) in [6.07, 6.45) is 1.46. The second-order valence-electron chi connectivity index (χ2n) is 1.70. The highest BCUT2D eigenvalue weighted by atomic mass is 16.7. The molecule has 60 valence electrons. The lowest BCUT2D eigenvalue weighted by atomic mass is 10.4. The first-order chi connectivity index (χ1) is 4.85. The molecule has 0 heterocycles. The van der Waals surface area contributed by atoms with Crippen LogP contribution in [0.3, 0.4) is 0 Å². The molecular weight excluding hydrogens is 132 g/mol. The third-order valence-corrected chi connectivity index (χ3v) is 0.965. The van der Waals surface area contributed by atoms with Crippen molar-refractivity contribution in [2.45, 2.75) is 19.6 Å². The predicted molar refractivity (Wildman–Crippen MR) is 38.4 cm³/mol. The maximum absolute atomic E-state index is 8.50. The molecule has 0 aliphatic rings. The van der Waals surface area contributed by atoms with Crippen molar-refractivity contribution in [1.82, 2.24) is 0 Å². The quantitative estimate of drug-likeness (QED) is 0.447. The van der Waals surface area contributed by atoms with Crippen molar-refractivity contribution in [3.8, 4) is 0 Å². The van der Waals surface area contributed by atoms with E-state index in [0.29, 0.717) is 13.0 Å². The molecule has 0 spiro atoms. The van der Waals surface area contributed by atoms with Crippen molar-refractivity contribution < 1.29 is 14.6 Å². The molecular formula is C7H14O3. The third-order valence-electron chi connectivity index (χ3n) is 0.965. The van der Waals surface area contributed by atoms with Crippen molar-refractivity contribution in [2.75, 3.05) is 13.2 Å². The Balaban J connectivity index is 3.38. The normalized spacial score (nSPS) is 12.6. The van der Waals surface area contributed by atoms with Crippen LogP contribution in [0.1, 0.15) is 13.3 Å². The summed E-state index contributed by atoms with van der Waals surface area (Å²) >= 11 is 0. The lowest BCUT2D eigenvalue weighted by molar-refractivity contribution is -0.111. The van der Waals surface area contributed by atoms with Crippen molar-refractivity contribution in [3.63, 3.8) is 0 Å². The molecule has 0 fully saturated rings. The average molecular weight is 146 g/mol. The molecule has 0 amide bonds. The first-order valence-corrected chi connectivity index (χ1v) is 3.34. The first-order valence-electron chi connectivity index (χ1n) is 3.34. The minimum atomic E-state index is -0.340. The van der Waals surface area contributed by atoms with Crippen LogP contribution in [0.25, 0.3) is 0 Å². The Labute approximate surface area is 61.3 Å². The van der Waals surface area contributed by atoms with Crippen molar-refractivity contribution >= 4 is 0 Å². The van der Waals surface area contributed by atoms with Crippen molar-refractivity contribution in [1.29, 1.82) is 0 Å². The zero-order valence-corrected chi connectivity index (χ0v) is 6.25. The Bertz CT molecular complexity index is 76.9. The van der Waals surface area contributed by atoms with Crippen LogP contribution >= 0.6 is 0 Å². The summed E-state index contributed by atoms with van der Waals surface area (Å²) in [4.78, 5) is 0. The van der Waals surface area contributed by atoms with E-state index in [2.05, 4.69) is 6.58 Å². The molecule has 1 N–H and O–H groups in total. The van der Waals surface area contributed by atoms with E-state index in [1.165, 1.54) is 6.26 Å². The lowest BCUT2D eigenvalue weighted by Crippen LogP contribution is -2.15. The molecule has 0 rings (SSSR count). The van der Waals surface area contributed by atoms with E-state index in [0.717, 1.165) is 0 Å². The van der Waals surface area contributed by atoms with Crippen LogP contribution in [0, 0.1) is 0 Å². The number of ether oxygens (including phenoxy) is 2. The average Bonchev–Trinajstić information content (AvgIpc) is 1.90. The zero-order chi connectivity index (χ0) is 7.82. The van der Waals surface area contributed by atoms with E-state index in [-0.39, 0.29) is 12.9 Å². The largest absolute Gasteiger partial charge is 0.473 e. The van der Waals surface area contributed by atoms with Gasteiger partial charge in [-0.1, -0.05) is 6.58 Å². The Morgan fingerprint density at radius 3 is 2.80 bits per heavy atom. The summed E-state index contributed by atoms with van der Waals surface area (Å²) in [6, 6.07) is 0. The Morgan fingerprint density at radius 2 is 2.40 bits per heavy atom. The highest BCUT2D eigenvalue weighted by Gasteiger charge is 2.04. The highest BCUT2D eigenvalue weighted by Crippen LogP contribution is 1.99. The van der Waals surface area contributed by atoms with E-state index in [1.807, 2.05) is 6.92 Å². The van der Waals surface area contributed by atoms with Gasteiger partial charge in [0.2, 0.25) is 6.29 Å². The van der Waals surface area contributed by atoms with Gasteiger partial charge in [0.15, 0.2) is 0 Å². The monoisotopic (exact) mass is 146 g/mol. The molecule has 0 radical (unpaired) electrons. The fourth-order valence-electron chi connectivity index (χ4n) is 0.589. The molecule has 0 aromatic rings.